The van der Waals surface area contributed by atoms with Gasteiger partial charge in [0.15, 0.2) is 6.10 Å². The van der Waals surface area contributed by atoms with Crippen LogP contribution in [-0.4, -0.2) is 22.3 Å². The van der Waals surface area contributed by atoms with Gasteiger partial charge in [0.05, 0.1) is 6.10 Å². The highest BCUT2D eigenvalue weighted by molar-refractivity contribution is 5.72. The molecule has 18 heavy (non-hydrogen) atoms. The van der Waals surface area contributed by atoms with E-state index < -0.39 is 18.2 Å². The fourth-order valence-electron chi connectivity index (χ4n) is 1.71. The highest BCUT2D eigenvalue weighted by atomic mass is 16.5. The fraction of sp³-hybridized carbons (Fsp3) is 0.500. The first-order valence-electron chi connectivity index (χ1n) is 6.13. The molecule has 1 aromatic rings. The number of benzene rings is 1. The largest absolute Gasteiger partial charge is 0.479 e. The van der Waals surface area contributed by atoms with Crippen molar-refractivity contribution >= 4 is 5.97 Å². The van der Waals surface area contributed by atoms with Crippen LogP contribution in [0.4, 0.5) is 0 Å². The van der Waals surface area contributed by atoms with Gasteiger partial charge in [-0.05, 0) is 43.5 Å². The summed E-state index contributed by atoms with van der Waals surface area (Å²) in [5.41, 5.74) is 1.62. The first kappa shape index (κ1) is 14.5. The summed E-state index contributed by atoms with van der Waals surface area (Å²) >= 11 is 0. The smallest absolute Gasteiger partial charge is 0.344 e. The van der Waals surface area contributed by atoms with Crippen LogP contribution in [0.2, 0.25) is 0 Å². The molecule has 1 rings (SSSR count). The lowest BCUT2D eigenvalue weighted by Crippen LogP contribution is -2.27. The van der Waals surface area contributed by atoms with Gasteiger partial charge in [-0.25, -0.2) is 4.79 Å². The van der Waals surface area contributed by atoms with Gasteiger partial charge in [-0.2, -0.15) is 0 Å². The predicted molar refractivity (Wildman–Crippen MR) is 68.8 cm³/mol. The quantitative estimate of drug-likeness (QED) is 0.816. The van der Waals surface area contributed by atoms with E-state index >= 15 is 0 Å². The molecular weight excluding hydrogens is 232 g/mol. The van der Waals surface area contributed by atoms with E-state index in [0.717, 1.165) is 17.5 Å². The molecule has 0 aromatic heterocycles. The molecular formula is C14H20O4. The average Bonchev–Trinajstić information content (AvgIpc) is 2.30. The summed E-state index contributed by atoms with van der Waals surface area (Å²) in [5, 5.41) is 18.5. The number of carboxylic acid groups (broad SMARTS) is 1. The molecule has 2 atom stereocenters. The number of carboxylic acids is 1. The summed E-state index contributed by atoms with van der Waals surface area (Å²) in [6.07, 6.45) is -0.121. The normalized spacial score (nSPS) is 14.0. The van der Waals surface area contributed by atoms with E-state index in [-0.39, 0.29) is 0 Å². The predicted octanol–water partition coefficient (Wildman–Crippen LogP) is 2.68. The van der Waals surface area contributed by atoms with Gasteiger partial charge in [-0.1, -0.05) is 19.4 Å². The second kappa shape index (κ2) is 6.40. The monoisotopic (exact) mass is 252 g/mol. The molecule has 2 N–H and O–H groups in total. The molecule has 0 amide bonds. The number of rotatable bonds is 6. The molecule has 0 bridgehead atoms. The maximum Gasteiger partial charge on any atom is 0.344 e. The lowest BCUT2D eigenvalue weighted by molar-refractivity contribution is -0.145. The summed E-state index contributed by atoms with van der Waals surface area (Å²) in [5.74, 6) is -0.392. The van der Waals surface area contributed by atoms with Crippen LogP contribution in [0.25, 0.3) is 0 Å². The molecule has 0 fully saturated rings. The molecule has 0 saturated carbocycles. The third kappa shape index (κ3) is 3.74. The Kier molecular flexibility index (Phi) is 5.16. The van der Waals surface area contributed by atoms with E-state index in [1.54, 1.807) is 19.1 Å². The molecule has 0 radical (unpaired) electrons. The number of ether oxygens (including phenoxy) is 1. The molecule has 1 unspecified atom stereocenters. The molecule has 0 aliphatic heterocycles. The molecule has 0 saturated heterocycles. The van der Waals surface area contributed by atoms with Crippen LogP contribution in [0, 0.1) is 6.92 Å². The molecule has 0 aliphatic rings. The Morgan fingerprint density at radius 1 is 1.44 bits per heavy atom. The first-order chi connectivity index (χ1) is 8.45. The number of hydrogen-bond donors (Lipinski definition) is 2. The Hall–Kier alpha value is -1.55. The number of aliphatic hydroxyl groups is 1. The van der Waals surface area contributed by atoms with Crippen molar-refractivity contribution in [3.63, 3.8) is 0 Å². The lowest BCUT2D eigenvalue weighted by atomic mass is 10.1. The van der Waals surface area contributed by atoms with Gasteiger partial charge in [0.2, 0.25) is 0 Å². The molecule has 0 spiro atoms. The lowest BCUT2D eigenvalue weighted by Gasteiger charge is -2.17. The number of carbonyl (C=O) groups is 1. The molecule has 4 heteroatoms. The van der Waals surface area contributed by atoms with Gasteiger partial charge in [0.1, 0.15) is 5.75 Å². The van der Waals surface area contributed by atoms with Crippen molar-refractivity contribution in [2.24, 2.45) is 0 Å². The van der Waals surface area contributed by atoms with Crippen molar-refractivity contribution < 1.29 is 19.7 Å². The van der Waals surface area contributed by atoms with Gasteiger partial charge in [0, 0.05) is 0 Å². The number of aliphatic carboxylic acids is 1. The molecule has 0 heterocycles. The number of aliphatic hydroxyl groups excluding tert-OH is 1. The van der Waals surface area contributed by atoms with Gasteiger partial charge < -0.3 is 14.9 Å². The minimum Gasteiger partial charge on any atom is -0.479 e. The highest BCUT2D eigenvalue weighted by Gasteiger charge is 2.19. The summed E-state index contributed by atoms with van der Waals surface area (Å²) in [6, 6.07) is 5.27. The van der Waals surface area contributed by atoms with Crippen LogP contribution in [0.3, 0.4) is 0 Å². The van der Waals surface area contributed by atoms with E-state index in [0.29, 0.717) is 12.2 Å². The Bertz CT molecular complexity index is 412. The third-order valence-corrected chi connectivity index (χ3v) is 2.78. The van der Waals surface area contributed by atoms with E-state index in [1.165, 1.54) is 0 Å². The van der Waals surface area contributed by atoms with Crippen molar-refractivity contribution in [2.45, 2.75) is 45.8 Å². The Labute approximate surface area is 107 Å². The molecule has 4 nitrogen and oxygen atoms in total. The van der Waals surface area contributed by atoms with Crippen LogP contribution in [-0.2, 0) is 4.79 Å². The van der Waals surface area contributed by atoms with Crippen LogP contribution in [0.15, 0.2) is 18.2 Å². The first-order valence-corrected chi connectivity index (χ1v) is 6.13. The van der Waals surface area contributed by atoms with Gasteiger partial charge >= 0.3 is 5.97 Å². The van der Waals surface area contributed by atoms with E-state index in [2.05, 4.69) is 0 Å². The topological polar surface area (TPSA) is 66.8 Å². The summed E-state index contributed by atoms with van der Waals surface area (Å²) < 4.78 is 5.50. The minimum absolute atomic E-state index is 0.479. The maximum absolute atomic E-state index is 11.0. The van der Waals surface area contributed by atoms with E-state index in [4.69, 9.17) is 9.84 Å². The van der Waals surface area contributed by atoms with Gasteiger partial charge in [-0.15, -0.1) is 0 Å². The second-order valence-electron chi connectivity index (χ2n) is 4.43. The van der Waals surface area contributed by atoms with Gasteiger partial charge in [0.25, 0.3) is 0 Å². The van der Waals surface area contributed by atoms with E-state index in [1.807, 2.05) is 19.9 Å². The molecule has 0 aliphatic carbocycles. The standard InChI is InChI=1S/C14H20O4/c1-4-5-13(14(16)17)18-12-7-6-11(10(3)15)8-9(12)2/h6-8,10,13,15H,4-5H2,1-3H3,(H,16,17)/t10-,13?/m1/s1. The number of hydrogen-bond acceptors (Lipinski definition) is 3. The fourth-order valence-corrected chi connectivity index (χ4v) is 1.71. The molecule has 100 valence electrons. The minimum atomic E-state index is -0.948. The van der Waals surface area contributed by atoms with Crippen molar-refractivity contribution in [3.05, 3.63) is 29.3 Å². The van der Waals surface area contributed by atoms with Crippen molar-refractivity contribution in [3.8, 4) is 5.75 Å². The average molecular weight is 252 g/mol. The van der Waals surface area contributed by atoms with Crippen LogP contribution < -0.4 is 4.74 Å². The van der Waals surface area contributed by atoms with Crippen molar-refractivity contribution in [1.29, 1.82) is 0 Å². The zero-order chi connectivity index (χ0) is 13.7. The Morgan fingerprint density at radius 2 is 2.11 bits per heavy atom. The second-order valence-corrected chi connectivity index (χ2v) is 4.43. The Balaban J connectivity index is 2.86. The summed E-state index contributed by atoms with van der Waals surface area (Å²) in [4.78, 5) is 11.0. The number of aryl methyl sites for hydroxylation is 1. The summed E-state index contributed by atoms with van der Waals surface area (Å²) in [6.45, 7) is 5.45. The Morgan fingerprint density at radius 3 is 2.56 bits per heavy atom. The third-order valence-electron chi connectivity index (χ3n) is 2.78. The van der Waals surface area contributed by atoms with Crippen molar-refractivity contribution in [2.75, 3.05) is 0 Å². The zero-order valence-electron chi connectivity index (χ0n) is 11.0. The van der Waals surface area contributed by atoms with E-state index in [9.17, 15) is 9.90 Å². The SMILES string of the molecule is CCCC(Oc1ccc([C@@H](C)O)cc1C)C(=O)O. The van der Waals surface area contributed by atoms with Crippen molar-refractivity contribution in [1.82, 2.24) is 0 Å². The summed E-state index contributed by atoms with van der Waals surface area (Å²) in [7, 11) is 0. The molecule has 1 aromatic carbocycles. The highest BCUT2D eigenvalue weighted by Crippen LogP contribution is 2.24. The van der Waals surface area contributed by atoms with Crippen LogP contribution in [0.5, 0.6) is 5.75 Å². The maximum atomic E-state index is 11.0. The van der Waals surface area contributed by atoms with Crippen LogP contribution >= 0.6 is 0 Å². The van der Waals surface area contributed by atoms with Gasteiger partial charge in [-0.3, -0.25) is 0 Å². The van der Waals surface area contributed by atoms with Crippen LogP contribution in [0.1, 0.15) is 43.9 Å². The zero-order valence-corrected chi connectivity index (χ0v) is 11.0.